The highest BCUT2D eigenvalue weighted by Crippen LogP contribution is 2.27. The second-order valence-corrected chi connectivity index (χ2v) is 9.56. The number of carbonyl (C=O) groups excluding carboxylic acids is 1. The second kappa shape index (κ2) is 8.62. The molecule has 8 nitrogen and oxygen atoms in total. The van der Waals surface area contributed by atoms with Gasteiger partial charge in [-0.1, -0.05) is 12.1 Å². The van der Waals surface area contributed by atoms with Gasteiger partial charge in [0.2, 0.25) is 10.0 Å². The van der Waals surface area contributed by atoms with Crippen LogP contribution in [0.25, 0.3) is 10.2 Å². The van der Waals surface area contributed by atoms with Crippen molar-refractivity contribution in [2.75, 3.05) is 6.54 Å². The number of sulfonamides is 1. The van der Waals surface area contributed by atoms with Crippen LogP contribution in [0.2, 0.25) is 0 Å². The van der Waals surface area contributed by atoms with Crippen LogP contribution in [0.3, 0.4) is 0 Å². The van der Waals surface area contributed by atoms with Gasteiger partial charge in [-0.05, 0) is 38.5 Å². The summed E-state index contributed by atoms with van der Waals surface area (Å²) in [4.78, 5) is 32.4. The molecule has 30 heavy (non-hydrogen) atoms. The van der Waals surface area contributed by atoms with Crippen LogP contribution in [0.15, 0.2) is 34.0 Å². The number of rotatable bonds is 7. The van der Waals surface area contributed by atoms with E-state index >= 15 is 0 Å². The van der Waals surface area contributed by atoms with Gasteiger partial charge in [0.05, 0.1) is 11.8 Å². The molecule has 0 unspecified atom stereocenters. The number of aryl methyl sites for hydroxylation is 2. The Kier molecular flexibility index (Phi) is 6.34. The number of carbonyl (C=O) groups is 1. The highest BCUT2D eigenvalue weighted by Gasteiger charge is 2.20. The van der Waals surface area contributed by atoms with Gasteiger partial charge in [-0.25, -0.2) is 22.5 Å². The standard InChI is InChI=1S/C19H20FN3O5S2/c1-10-12(3)29-19-16(10)18(25)22-17(23-19)11(2)28-15(24)8-9-21-30(26,27)14-7-5-4-6-13(14)20/h4-7,11,21H,8-9H2,1-3H3,(H,22,23,25)/t11-/m1/s1. The largest absolute Gasteiger partial charge is 0.454 e. The Morgan fingerprint density at radius 1 is 1.33 bits per heavy atom. The third-order valence-electron chi connectivity index (χ3n) is 4.50. The smallest absolute Gasteiger partial charge is 0.307 e. The average Bonchev–Trinajstić information content (AvgIpc) is 2.96. The fourth-order valence-electron chi connectivity index (χ4n) is 2.80. The summed E-state index contributed by atoms with van der Waals surface area (Å²) >= 11 is 1.38. The van der Waals surface area contributed by atoms with Crippen LogP contribution in [0.1, 0.15) is 35.7 Å². The number of hydrogen-bond donors (Lipinski definition) is 2. The maximum atomic E-state index is 13.7. The normalized spacial score (nSPS) is 12.8. The van der Waals surface area contributed by atoms with E-state index in [0.717, 1.165) is 22.6 Å². The SMILES string of the molecule is Cc1sc2nc([C@@H](C)OC(=O)CCNS(=O)(=O)c3ccccc3F)[nH]c(=O)c2c1C. The number of halogens is 1. The van der Waals surface area contributed by atoms with E-state index in [2.05, 4.69) is 14.7 Å². The third kappa shape index (κ3) is 4.58. The maximum absolute atomic E-state index is 13.7. The van der Waals surface area contributed by atoms with Crippen LogP contribution >= 0.6 is 11.3 Å². The van der Waals surface area contributed by atoms with Gasteiger partial charge >= 0.3 is 5.97 Å². The second-order valence-electron chi connectivity index (χ2n) is 6.62. The monoisotopic (exact) mass is 453 g/mol. The topological polar surface area (TPSA) is 118 Å². The van der Waals surface area contributed by atoms with Crippen molar-refractivity contribution in [3.8, 4) is 0 Å². The molecule has 0 bridgehead atoms. The van der Waals surface area contributed by atoms with Gasteiger partial charge in [0.1, 0.15) is 15.5 Å². The molecule has 3 rings (SSSR count). The summed E-state index contributed by atoms with van der Waals surface area (Å²) in [5.41, 5.74) is 0.555. The first-order chi connectivity index (χ1) is 14.1. The summed E-state index contributed by atoms with van der Waals surface area (Å²) in [6.07, 6.45) is -1.11. The predicted octanol–water partition coefficient (Wildman–Crippen LogP) is 2.71. The summed E-state index contributed by atoms with van der Waals surface area (Å²) in [6, 6.07) is 4.94. The first-order valence-corrected chi connectivity index (χ1v) is 11.3. The number of aromatic nitrogens is 2. The van der Waals surface area contributed by atoms with Gasteiger partial charge in [-0.15, -0.1) is 11.3 Å². The molecule has 11 heteroatoms. The van der Waals surface area contributed by atoms with E-state index in [0.29, 0.717) is 10.2 Å². The number of hydrogen-bond acceptors (Lipinski definition) is 7. The molecule has 0 saturated heterocycles. The van der Waals surface area contributed by atoms with E-state index in [4.69, 9.17) is 4.74 Å². The number of ether oxygens (including phenoxy) is 1. The molecule has 0 aliphatic rings. The maximum Gasteiger partial charge on any atom is 0.307 e. The van der Waals surface area contributed by atoms with E-state index in [9.17, 15) is 22.4 Å². The summed E-state index contributed by atoms with van der Waals surface area (Å²) in [5.74, 6) is -1.38. The zero-order chi connectivity index (χ0) is 22.1. The summed E-state index contributed by atoms with van der Waals surface area (Å²) < 4.78 is 45.3. The number of H-pyrrole nitrogens is 1. The van der Waals surface area contributed by atoms with Crippen molar-refractivity contribution in [2.24, 2.45) is 0 Å². The van der Waals surface area contributed by atoms with E-state index in [1.54, 1.807) is 6.92 Å². The number of benzene rings is 1. The number of aromatic amines is 1. The Morgan fingerprint density at radius 2 is 2.03 bits per heavy atom. The molecule has 2 aromatic heterocycles. The first kappa shape index (κ1) is 22.1. The van der Waals surface area contributed by atoms with Crippen LogP contribution in [0.4, 0.5) is 4.39 Å². The minimum absolute atomic E-state index is 0.203. The predicted molar refractivity (Wildman–Crippen MR) is 110 cm³/mol. The fourth-order valence-corrected chi connectivity index (χ4v) is 4.95. The molecule has 0 aliphatic carbocycles. The van der Waals surface area contributed by atoms with Crippen LogP contribution in [-0.2, 0) is 19.6 Å². The number of esters is 1. The zero-order valence-electron chi connectivity index (χ0n) is 16.5. The van der Waals surface area contributed by atoms with Gasteiger partial charge in [0, 0.05) is 11.4 Å². The van der Waals surface area contributed by atoms with Gasteiger partial charge < -0.3 is 9.72 Å². The molecule has 2 heterocycles. The third-order valence-corrected chi connectivity index (χ3v) is 7.09. The molecule has 1 aromatic carbocycles. The Balaban J connectivity index is 1.62. The van der Waals surface area contributed by atoms with E-state index in [-0.39, 0.29) is 24.3 Å². The average molecular weight is 454 g/mol. The van der Waals surface area contributed by atoms with Gasteiger partial charge in [0.15, 0.2) is 11.9 Å². The zero-order valence-corrected chi connectivity index (χ0v) is 18.1. The molecular weight excluding hydrogens is 433 g/mol. The Morgan fingerprint density at radius 3 is 2.73 bits per heavy atom. The number of nitrogens with one attached hydrogen (secondary N) is 2. The van der Waals surface area contributed by atoms with Crippen LogP contribution < -0.4 is 10.3 Å². The Hall–Kier alpha value is -2.63. The van der Waals surface area contributed by atoms with Crippen molar-refractivity contribution in [3.05, 3.63) is 56.7 Å². The van der Waals surface area contributed by atoms with Crippen LogP contribution in [0.5, 0.6) is 0 Å². The van der Waals surface area contributed by atoms with Crippen molar-refractivity contribution >= 4 is 37.5 Å². The lowest BCUT2D eigenvalue weighted by Gasteiger charge is -2.13. The number of thiophene rings is 1. The lowest BCUT2D eigenvalue weighted by atomic mass is 10.2. The van der Waals surface area contributed by atoms with E-state index in [1.165, 1.54) is 23.5 Å². The Bertz CT molecular complexity index is 1270. The van der Waals surface area contributed by atoms with Crippen LogP contribution in [0, 0.1) is 19.7 Å². The minimum atomic E-state index is -4.09. The molecule has 160 valence electrons. The molecule has 0 spiro atoms. The van der Waals surface area contributed by atoms with Crippen molar-refractivity contribution in [2.45, 2.75) is 38.2 Å². The molecule has 0 amide bonds. The highest BCUT2D eigenvalue weighted by molar-refractivity contribution is 7.89. The highest BCUT2D eigenvalue weighted by atomic mass is 32.2. The lowest BCUT2D eigenvalue weighted by molar-refractivity contribution is -0.148. The molecule has 3 aromatic rings. The van der Waals surface area contributed by atoms with Gasteiger partial charge in [-0.2, -0.15) is 0 Å². The molecule has 1 atom stereocenters. The van der Waals surface area contributed by atoms with E-state index < -0.39 is 32.8 Å². The van der Waals surface area contributed by atoms with Gasteiger partial charge in [-0.3, -0.25) is 9.59 Å². The number of nitrogens with zero attached hydrogens (tertiary/aromatic N) is 1. The number of fused-ring (bicyclic) bond motifs is 1. The lowest BCUT2D eigenvalue weighted by Crippen LogP contribution is -2.28. The van der Waals surface area contributed by atoms with Crippen LogP contribution in [-0.4, -0.2) is 30.9 Å². The molecule has 0 radical (unpaired) electrons. The quantitative estimate of drug-likeness (QED) is 0.531. The summed E-state index contributed by atoms with van der Waals surface area (Å²) in [5, 5.41) is 0.516. The molecule has 0 saturated carbocycles. The van der Waals surface area contributed by atoms with Crippen molar-refractivity contribution in [1.82, 2.24) is 14.7 Å². The first-order valence-electron chi connectivity index (χ1n) is 9.03. The fraction of sp³-hybridized carbons (Fsp3) is 0.316. The van der Waals surface area contributed by atoms with Crippen molar-refractivity contribution in [3.63, 3.8) is 0 Å². The summed E-state index contributed by atoms with van der Waals surface area (Å²) in [7, 11) is -4.09. The molecule has 0 aliphatic heterocycles. The molecule has 0 fully saturated rings. The molecular formula is C19H20FN3O5S2. The minimum Gasteiger partial charge on any atom is -0.454 e. The Labute approximate surface area is 176 Å². The van der Waals surface area contributed by atoms with Crippen molar-refractivity contribution < 1.29 is 22.3 Å². The van der Waals surface area contributed by atoms with Crippen molar-refractivity contribution in [1.29, 1.82) is 0 Å². The van der Waals surface area contributed by atoms with Gasteiger partial charge in [0.25, 0.3) is 5.56 Å². The molecule has 2 N–H and O–H groups in total. The summed E-state index contributed by atoms with van der Waals surface area (Å²) in [6.45, 7) is 5.02. The van der Waals surface area contributed by atoms with E-state index in [1.807, 2.05) is 13.8 Å².